The van der Waals surface area contributed by atoms with Gasteiger partial charge in [-0.2, -0.15) is 0 Å². The smallest absolute Gasteiger partial charge is 0.0638 e. The quantitative estimate of drug-likeness (QED) is 0.779. The minimum atomic E-state index is 0.688. The highest BCUT2D eigenvalue weighted by molar-refractivity contribution is 7.09. The van der Waals surface area contributed by atoms with Gasteiger partial charge in [-0.05, 0) is 29.6 Å². The molecule has 18 heavy (non-hydrogen) atoms. The lowest BCUT2D eigenvalue weighted by Crippen LogP contribution is -2.21. The van der Waals surface area contributed by atoms with Gasteiger partial charge in [0, 0.05) is 29.5 Å². The molecule has 1 aromatic carbocycles. The van der Waals surface area contributed by atoms with Crippen LogP contribution in [0, 0.1) is 0 Å². The van der Waals surface area contributed by atoms with Crippen molar-refractivity contribution in [1.29, 1.82) is 0 Å². The molecule has 0 saturated heterocycles. The van der Waals surface area contributed by atoms with Gasteiger partial charge in [-0.15, -0.1) is 11.3 Å². The van der Waals surface area contributed by atoms with Gasteiger partial charge >= 0.3 is 0 Å². The van der Waals surface area contributed by atoms with Gasteiger partial charge in [0.2, 0.25) is 0 Å². The van der Waals surface area contributed by atoms with E-state index < -0.39 is 0 Å². The maximum Gasteiger partial charge on any atom is 0.0638 e. The number of rotatable bonds is 6. The minimum absolute atomic E-state index is 0.688. The van der Waals surface area contributed by atoms with Crippen molar-refractivity contribution in [2.45, 2.75) is 6.54 Å². The second kappa shape index (κ2) is 7.00. The van der Waals surface area contributed by atoms with Crippen LogP contribution in [0.1, 0.15) is 4.88 Å². The summed E-state index contributed by atoms with van der Waals surface area (Å²) in [4.78, 5) is 1.34. The number of benzene rings is 1. The molecule has 2 rings (SSSR count). The lowest BCUT2D eigenvalue weighted by Gasteiger charge is -2.09. The van der Waals surface area contributed by atoms with E-state index in [9.17, 15) is 0 Å². The van der Waals surface area contributed by atoms with Gasteiger partial charge in [0.05, 0.1) is 10.7 Å². The van der Waals surface area contributed by atoms with E-state index in [4.69, 9.17) is 23.2 Å². The van der Waals surface area contributed by atoms with Gasteiger partial charge in [-0.1, -0.05) is 29.3 Å². The Balaban J connectivity index is 1.70. The zero-order valence-electron chi connectivity index (χ0n) is 9.75. The number of nitrogens with one attached hydrogen (secondary N) is 2. The fourth-order valence-electron chi connectivity index (χ4n) is 1.54. The molecule has 0 aliphatic heterocycles. The molecule has 0 aliphatic rings. The van der Waals surface area contributed by atoms with Crippen LogP contribution in [0.5, 0.6) is 0 Å². The molecule has 0 bridgehead atoms. The number of hydrogen-bond acceptors (Lipinski definition) is 3. The predicted molar refractivity (Wildman–Crippen MR) is 81.0 cm³/mol. The Labute approximate surface area is 121 Å². The van der Waals surface area contributed by atoms with Gasteiger partial charge in [0.25, 0.3) is 0 Å². The first-order valence-corrected chi connectivity index (χ1v) is 7.31. The Bertz CT molecular complexity index is 486. The van der Waals surface area contributed by atoms with Gasteiger partial charge in [-0.25, -0.2) is 0 Å². The zero-order valence-corrected chi connectivity index (χ0v) is 12.1. The SMILES string of the molecule is Clc1ccc(Cl)c(NCCNCc2cccs2)c1. The van der Waals surface area contributed by atoms with Crippen molar-refractivity contribution >= 4 is 40.2 Å². The van der Waals surface area contributed by atoms with Gasteiger partial charge in [0.1, 0.15) is 0 Å². The van der Waals surface area contributed by atoms with E-state index in [0.29, 0.717) is 10.0 Å². The van der Waals surface area contributed by atoms with Crippen molar-refractivity contribution in [1.82, 2.24) is 5.32 Å². The number of anilines is 1. The average molecular weight is 301 g/mol. The van der Waals surface area contributed by atoms with Crippen LogP contribution in [0.3, 0.4) is 0 Å². The van der Waals surface area contributed by atoms with Crippen LogP contribution in [0.25, 0.3) is 0 Å². The zero-order chi connectivity index (χ0) is 12.8. The lowest BCUT2D eigenvalue weighted by atomic mass is 10.3. The second-order valence-electron chi connectivity index (χ2n) is 3.81. The van der Waals surface area contributed by atoms with Crippen molar-refractivity contribution < 1.29 is 0 Å². The first-order valence-electron chi connectivity index (χ1n) is 5.68. The summed E-state index contributed by atoms with van der Waals surface area (Å²) in [6, 6.07) is 9.60. The summed E-state index contributed by atoms with van der Waals surface area (Å²) in [6.45, 7) is 2.59. The molecule has 2 N–H and O–H groups in total. The van der Waals surface area contributed by atoms with E-state index in [1.54, 1.807) is 23.5 Å². The van der Waals surface area contributed by atoms with Crippen LogP contribution in [-0.2, 0) is 6.54 Å². The molecule has 2 nitrogen and oxygen atoms in total. The monoisotopic (exact) mass is 300 g/mol. The summed E-state index contributed by atoms with van der Waals surface area (Å²) in [7, 11) is 0. The maximum absolute atomic E-state index is 6.05. The van der Waals surface area contributed by atoms with Crippen LogP contribution in [0.15, 0.2) is 35.7 Å². The van der Waals surface area contributed by atoms with Gasteiger partial charge in [-0.3, -0.25) is 0 Å². The lowest BCUT2D eigenvalue weighted by molar-refractivity contribution is 0.714. The first kappa shape index (κ1) is 13.7. The molecule has 0 radical (unpaired) electrons. The molecule has 0 aliphatic carbocycles. The molecular formula is C13H14Cl2N2S. The Morgan fingerprint density at radius 2 is 2.00 bits per heavy atom. The Hall–Kier alpha value is -0.740. The van der Waals surface area contributed by atoms with E-state index in [2.05, 4.69) is 28.1 Å². The van der Waals surface area contributed by atoms with Crippen LogP contribution >= 0.6 is 34.5 Å². The molecule has 0 spiro atoms. The summed E-state index contributed by atoms with van der Waals surface area (Å²) in [5.74, 6) is 0. The second-order valence-corrected chi connectivity index (χ2v) is 5.68. The summed E-state index contributed by atoms with van der Waals surface area (Å²) in [5.41, 5.74) is 0.877. The van der Waals surface area contributed by atoms with Gasteiger partial charge in [0.15, 0.2) is 0 Å². The highest BCUT2D eigenvalue weighted by Gasteiger charge is 2.00. The van der Waals surface area contributed by atoms with Crippen molar-refractivity contribution in [3.05, 3.63) is 50.6 Å². The third-order valence-electron chi connectivity index (χ3n) is 2.42. The molecule has 2 aromatic rings. The highest BCUT2D eigenvalue weighted by Crippen LogP contribution is 2.24. The first-order chi connectivity index (χ1) is 8.75. The van der Waals surface area contributed by atoms with Crippen LogP contribution < -0.4 is 10.6 Å². The van der Waals surface area contributed by atoms with Crippen LogP contribution in [-0.4, -0.2) is 13.1 Å². The highest BCUT2D eigenvalue weighted by atomic mass is 35.5. The minimum Gasteiger partial charge on any atom is -0.383 e. The molecule has 0 fully saturated rings. The van der Waals surface area contributed by atoms with Crippen LogP contribution in [0.2, 0.25) is 10.0 Å². The topological polar surface area (TPSA) is 24.1 Å². The molecule has 1 aromatic heterocycles. The van der Waals surface area contributed by atoms with Crippen molar-refractivity contribution in [2.75, 3.05) is 18.4 Å². The third-order valence-corrected chi connectivity index (χ3v) is 3.87. The molecule has 96 valence electrons. The molecular weight excluding hydrogens is 287 g/mol. The molecule has 5 heteroatoms. The van der Waals surface area contributed by atoms with Crippen LogP contribution in [0.4, 0.5) is 5.69 Å². The van der Waals surface area contributed by atoms with E-state index in [-0.39, 0.29) is 0 Å². The average Bonchev–Trinajstić information content (AvgIpc) is 2.86. The molecule has 0 unspecified atom stereocenters. The number of halogens is 2. The van der Waals surface area contributed by atoms with E-state index in [1.807, 2.05) is 6.07 Å². The van der Waals surface area contributed by atoms with E-state index in [0.717, 1.165) is 25.3 Å². The van der Waals surface area contributed by atoms with E-state index in [1.165, 1.54) is 4.88 Å². The van der Waals surface area contributed by atoms with Gasteiger partial charge < -0.3 is 10.6 Å². The molecule has 1 heterocycles. The Kier molecular flexibility index (Phi) is 5.32. The number of thiophene rings is 1. The standard InChI is InChI=1S/C13H14Cl2N2S/c14-10-3-4-12(15)13(8-10)17-6-5-16-9-11-2-1-7-18-11/h1-4,7-8,16-17H,5-6,9H2. The number of hydrogen-bond donors (Lipinski definition) is 2. The molecule has 0 amide bonds. The fourth-order valence-corrected chi connectivity index (χ4v) is 2.57. The fraction of sp³-hybridized carbons (Fsp3) is 0.231. The molecule has 0 saturated carbocycles. The molecule has 0 atom stereocenters. The summed E-state index contributed by atoms with van der Waals surface area (Å²) < 4.78 is 0. The van der Waals surface area contributed by atoms with Crippen molar-refractivity contribution in [3.8, 4) is 0 Å². The summed E-state index contributed by atoms with van der Waals surface area (Å²) in [5, 5.41) is 10.1. The summed E-state index contributed by atoms with van der Waals surface area (Å²) >= 11 is 13.7. The summed E-state index contributed by atoms with van der Waals surface area (Å²) in [6.07, 6.45) is 0. The maximum atomic E-state index is 6.05. The Morgan fingerprint density at radius 1 is 1.11 bits per heavy atom. The predicted octanol–water partition coefficient (Wildman–Crippen LogP) is 4.26. The Morgan fingerprint density at radius 3 is 2.78 bits per heavy atom. The normalized spacial score (nSPS) is 10.6. The third kappa shape index (κ3) is 4.18. The van der Waals surface area contributed by atoms with Crippen molar-refractivity contribution in [3.63, 3.8) is 0 Å². The largest absolute Gasteiger partial charge is 0.383 e. The van der Waals surface area contributed by atoms with Crippen molar-refractivity contribution in [2.24, 2.45) is 0 Å². The van der Waals surface area contributed by atoms with E-state index >= 15 is 0 Å².